The normalized spacial score (nSPS) is 19.0. The summed E-state index contributed by atoms with van der Waals surface area (Å²) in [6.45, 7) is 4.84. The zero-order valence-electron chi connectivity index (χ0n) is 19.3. The number of benzene rings is 3. The first-order valence-corrected chi connectivity index (χ1v) is 11.1. The predicted octanol–water partition coefficient (Wildman–Crippen LogP) is 4.76. The van der Waals surface area contributed by atoms with Crippen molar-refractivity contribution in [2.45, 2.75) is 25.9 Å². The minimum absolute atomic E-state index is 0.0830. The number of Topliss-reactive ketones (excluding diaryl/α,β-unsaturated/α-hetero) is 1. The van der Waals surface area contributed by atoms with E-state index in [1.807, 2.05) is 59.6 Å². The highest BCUT2D eigenvalue weighted by Gasteiger charge is 2.52. The third-order valence-corrected chi connectivity index (χ3v) is 6.63. The first-order chi connectivity index (χ1) is 16.0. The Kier molecular flexibility index (Phi) is 5.08. The van der Waals surface area contributed by atoms with Crippen molar-refractivity contribution in [1.29, 1.82) is 0 Å². The number of ketones is 1. The van der Waals surface area contributed by atoms with Gasteiger partial charge in [0.25, 0.3) is 0 Å². The number of anilines is 1. The molecule has 3 aromatic carbocycles. The molecule has 0 fully saturated rings. The molecular formula is C27H27N3O3. The Morgan fingerprint density at radius 1 is 0.970 bits per heavy atom. The van der Waals surface area contributed by atoms with E-state index in [4.69, 9.17) is 14.6 Å². The summed E-state index contributed by atoms with van der Waals surface area (Å²) in [5.74, 6) is 1.73. The molecule has 0 amide bonds. The van der Waals surface area contributed by atoms with Crippen LogP contribution >= 0.6 is 0 Å². The standard InChI is InChI=1S/C27H27N3O3/c1-18-10-12-21(13-11-18)30-27(2)22-17-24(33-4)23(32-3)16-20(22)14-15-29(27)26(28-30)25(31)19-8-6-5-7-9-19/h5-13,16-17H,14-15H2,1-4H3. The number of ether oxygens (including phenoxy) is 2. The summed E-state index contributed by atoms with van der Waals surface area (Å²) >= 11 is 0. The van der Waals surface area contributed by atoms with Gasteiger partial charge in [-0.25, -0.2) is 5.01 Å². The minimum atomic E-state index is -0.692. The Balaban J connectivity index is 1.69. The number of hydrazone groups is 1. The van der Waals surface area contributed by atoms with Gasteiger partial charge in [-0.2, -0.15) is 0 Å². The van der Waals surface area contributed by atoms with Crippen molar-refractivity contribution in [2.24, 2.45) is 5.10 Å². The molecule has 168 valence electrons. The van der Waals surface area contributed by atoms with Gasteiger partial charge in [0, 0.05) is 17.7 Å². The second-order valence-electron chi connectivity index (χ2n) is 8.55. The van der Waals surface area contributed by atoms with Crippen molar-refractivity contribution < 1.29 is 14.3 Å². The lowest BCUT2D eigenvalue weighted by Gasteiger charge is -2.46. The van der Waals surface area contributed by atoms with Crippen molar-refractivity contribution >= 4 is 17.3 Å². The van der Waals surface area contributed by atoms with Gasteiger partial charge < -0.3 is 14.4 Å². The molecular weight excluding hydrogens is 414 g/mol. The second-order valence-corrected chi connectivity index (χ2v) is 8.55. The lowest BCUT2D eigenvalue weighted by molar-refractivity contribution is 0.103. The lowest BCUT2D eigenvalue weighted by atomic mass is 9.86. The Morgan fingerprint density at radius 3 is 2.30 bits per heavy atom. The van der Waals surface area contributed by atoms with Gasteiger partial charge in [-0.05, 0) is 50.1 Å². The molecule has 6 nitrogen and oxygen atoms in total. The lowest BCUT2D eigenvalue weighted by Crippen LogP contribution is -2.55. The van der Waals surface area contributed by atoms with Gasteiger partial charge in [0.2, 0.25) is 5.78 Å². The molecule has 0 radical (unpaired) electrons. The molecule has 2 heterocycles. The Bertz CT molecular complexity index is 1240. The summed E-state index contributed by atoms with van der Waals surface area (Å²) in [7, 11) is 3.29. The molecule has 0 spiro atoms. The molecule has 0 N–H and O–H groups in total. The molecule has 1 unspecified atom stereocenters. The SMILES string of the molecule is COc1cc2c(cc1OC)C1(C)N(CC2)C(C(=O)c2ccccc2)=NN1c1ccc(C)cc1. The van der Waals surface area contributed by atoms with E-state index in [1.54, 1.807) is 14.2 Å². The van der Waals surface area contributed by atoms with Crippen molar-refractivity contribution in [3.8, 4) is 11.5 Å². The van der Waals surface area contributed by atoms with Crippen molar-refractivity contribution in [3.63, 3.8) is 0 Å². The summed E-state index contributed by atoms with van der Waals surface area (Å²) in [6.07, 6.45) is 0.772. The second kappa shape index (κ2) is 7.96. The van der Waals surface area contributed by atoms with Crippen LogP contribution in [0.2, 0.25) is 0 Å². The number of hydrogen-bond acceptors (Lipinski definition) is 6. The fourth-order valence-electron chi connectivity index (χ4n) is 4.83. The number of aryl methyl sites for hydroxylation is 1. The van der Waals surface area contributed by atoms with Gasteiger partial charge in [-0.3, -0.25) is 4.79 Å². The summed E-state index contributed by atoms with van der Waals surface area (Å²) in [5, 5.41) is 6.90. The maximum Gasteiger partial charge on any atom is 0.229 e. The van der Waals surface area contributed by atoms with Gasteiger partial charge in [0.1, 0.15) is 0 Å². The molecule has 33 heavy (non-hydrogen) atoms. The first kappa shape index (κ1) is 21.1. The van der Waals surface area contributed by atoms with E-state index in [-0.39, 0.29) is 5.78 Å². The van der Waals surface area contributed by atoms with E-state index in [0.29, 0.717) is 29.4 Å². The Morgan fingerprint density at radius 2 is 1.64 bits per heavy atom. The molecule has 0 saturated carbocycles. The third kappa shape index (κ3) is 3.25. The van der Waals surface area contributed by atoms with Crippen LogP contribution in [0.5, 0.6) is 11.5 Å². The van der Waals surface area contributed by atoms with Crippen molar-refractivity contribution in [3.05, 3.63) is 89.0 Å². The quantitative estimate of drug-likeness (QED) is 0.535. The van der Waals surface area contributed by atoms with Crippen LogP contribution in [-0.4, -0.2) is 37.3 Å². The molecule has 2 aliphatic heterocycles. The number of nitrogens with zero attached hydrogens (tertiary/aromatic N) is 3. The van der Waals surface area contributed by atoms with E-state index < -0.39 is 5.66 Å². The van der Waals surface area contributed by atoms with Crippen LogP contribution in [0.1, 0.15) is 34.0 Å². The number of methoxy groups -OCH3 is 2. The highest BCUT2D eigenvalue weighted by Crippen LogP contribution is 2.48. The number of amidine groups is 1. The number of fused-ring (bicyclic) bond motifs is 3. The van der Waals surface area contributed by atoms with Crippen molar-refractivity contribution in [1.82, 2.24) is 4.90 Å². The summed E-state index contributed by atoms with van der Waals surface area (Å²) in [6, 6.07) is 21.6. The fourth-order valence-corrected chi connectivity index (χ4v) is 4.83. The summed E-state index contributed by atoms with van der Waals surface area (Å²) in [4.78, 5) is 15.7. The average molecular weight is 442 g/mol. The van der Waals surface area contributed by atoms with E-state index >= 15 is 0 Å². The van der Waals surface area contributed by atoms with Gasteiger partial charge in [-0.1, -0.05) is 48.0 Å². The molecule has 5 rings (SSSR count). The number of hydrogen-bond donors (Lipinski definition) is 0. The molecule has 0 bridgehead atoms. The van der Waals surface area contributed by atoms with Gasteiger partial charge in [-0.15, -0.1) is 5.10 Å². The van der Waals surface area contributed by atoms with Crippen LogP contribution in [-0.2, 0) is 12.1 Å². The van der Waals surface area contributed by atoms with E-state index in [0.717, 1.165) is 23.2 Å². The van der Waals surface area contributed by atoms with E-state index in [1.165, 1.54) is 5.56 Å². The molecule has 0 aromatic heterocycles. The van der Waals surface area contributed by atoms with E-state index in [2.05, 4.69) is 30.9 Å². The largest absolute Gasteiger partial charge is 0.493 e. The van der Waals surface area contributed by atoms with E-state index in [9.17, 15) is 4.79 Å². The number of carbonyl (C=O) groups is 1. The van der Waals surface area contributed by atoms with Crippen LogP contribution in [0.3, 0.4) is 0 Å². The van der Waals surface area contributed by atoms with Crippen molar-refractivity contribution in [2.75, 3.05) is 25.8 Å². The van der Waals surface area contributed by atoms with Crippen LogP contribution in [0.25, 0.3) is 0 Å². The smallest absolute Gasteiger partial charge is 0.229 e. The molecule has 3 aromatic rings. The highest BCUT2D eigenvalue weighted by molar-refractivity contribution is 6.45. The summed E-state index contributed by atoms with van der Waals surface area (Å²) < 4.78 is 11.2. The maximum atomic E-state index is 13.6. The molecule has 2 aliphatic rings. The first-order valence-electron chi connectivity index (χ1n) is 11.1. The summed E-state index contributed by atoms with van der Waals surface area (Å²) in [5.41, 5.74) is 4.23. The minimum Gasteiger partial charge on any atom is -0.493 e. The van der Waals surface area contributed by atoms with Crippen LogP contribution < -0.4 is 14.5 Å². The number of rotatable bonds is 5. The fraction of sp³-hybridized carbons (Fsp3) is 0.259. The molecule has 0 saturated heterocycles. The van der Waals surface area contributed by atoms with Crippen LogP contribution in [0.15, 0.2) is 71.8 Å². The maximum absolute atomic E-state index is 13.6. The monoisotopic (exact) mass is 441 g/mol. The van der Waals surface area contributed by atoms with Crippen LogP contribution in [0.4, 0.5) is 5.69 Å². The Hall–Kier alpha value is -3.80. The predicted molar refractivity (Wildman–Crippen MR) is 129 cm³/mol. The zero-order valence-corrected chi connectivity index (χ0v) is 19.3. The third-order valence-electron chi connectivity index (χ3n) is 6.63. The van der Waals surface area contributed by atoms with Crippen LogP contribution in [0, 0.1) is 6.92 Å². The Labute approximate surface area is 194 Å². The molecule has 1 atom stereocenters. The van der Waals surface area contributed by atoms with Gasteiger partial charge in [0.05, 0.1) is 19.9 Å². The van der Waals surface area contributed by atoms with Gasteiger partial charge in [0.15, 0.2) is 23.0 Å². The zero-order chi connectivity index (χ0) is 23.2. The highest BCUT2D eigenvalue weighted by atomic mass is 16.5. The topological polar surface area (TPSA) is 54.4 Å². The number of carbonyl (C=O) groups excluding carboxylic acids is 1. The molecule has 6 heteroatoms. The average Bonchev–Trinajstić information content (AvgIpc) is 3.17. The molecule has 0 aliphatic carbocycles. The van der Waals surface area contributed by atoms with Gasteiger partial charge >= 0.3 is 0 Å².